The number of ether oxygens (including phenoxy) is 1. The Morgan fingerprint density at radius 1 is 1.17 bits per heavy atom. The van der Waals surface area contributed by atoms with Crippen molar-refractivity contribution < 1.29 is 14.2 Å². The minimum Gasteiger partial charge on any atom is -0.494 e. The normalized spacial score (nSPS) is 15.5. The Kier molecular flexibility index (Phi) is 6.16. The third-order valence-electron chi connectivity index (χ3n) is 5.94. The molecule has 5 nitrogen and oxygen atoms in total. The maximum absolute atomic E-state index is 14.4. The number of hydrogen-bond acceptors (Lipinski definition) is 4. The van der Waals surface area contributed by atoms with Crippen LogP contribution in [0, 0.1) is 18.7 Å². The number of likely N-dealkylation sites (tertiary alicyclic amines) is 1. The van der Waals surface area contributed by atoms with Gasteiger partial charge in [0.25, 0.3) is 0 Å². The summed E-state index contributed by atoms with van der Waals surface area (Å²) in [6.45, 7) is 4.94. The van der Waals surface area contributed by atoms with Crippen molar-refractivity contribution in [3.63, 3.8) is 0 Å². The summed E-state index contributed by atoms with van der Waals surface area (Å²) in [5, 5.41) is 14.3. The van der Waals surface area contributed by atoms with Crippen molar-refractivity contribution >= 4 is 0 Å². The molecule has 1 saturated heterocycles. The number of halogens is 1. The minimum absolute atomic E-state index is 0.227. The molecule has 1 fully saturated rings. The number of aliphatic hydroxyl groups excluding tert-OH is 1. The molecule has 0 atom stereocenters. The van der Waals surface area contributed by atoms with Crippen LogP contribution in [0.25, 0.3) is 16.9 Å². The van der Waals surface area contributed by atoms with Crippen LogP contribution in [0.1, 0.15) is 24.0 Å². The van der Waals surface area contributed by atoms with Gasteiger partial charge in [-0.2, -0.15) is 5.10 Å². The lowest BCUT2D eigenvalue weighted by atomic mass is 9.97. The second-order valence-electron chi connectivity index (χ2n) is 7.99. The molecule has 0 spiro atoms. The van der Waals surface area contributed by atoms with E-state index >= 15 is 0 Å². The van der Waals surface area contributed by atoms with E-state index in [0.717, 1.165) is 60.5 Å². The van der Waals surface area contributed by atoms with Crippen LogP contribution in [0.5, 0.6) is 5.75 Å². The Labute approximate surface area is 176 Å². The zero-order valence-electron chi connectivity index (χ0n) is 17.5. The summed E-state index contributed by atoms with van der Waals surface area (Å²) in [4.78, 5) is 2.38. The molecule has 1 aliphatic rings. The standard InChI is InChI=1S/C24H28FN3O2/c1-17-5-3-4-6-22(17)28-15-20(14-27-11-9-18(16-29)10-12-27)24(26-28)19-7-8-23(30-2)21(25)13-19/h3-8,13,15,18,29H,9-12,14,16H2,1-2H3. The smallest absolute Gasteiger partial charge is 0.165 e. The summed E-state index contributed by atoms with van der Waals surface area (Å²) in [5.74, 6) is 0.228. The van der Waals surface area contributed by atoms with Crippen molar-refractivity contribution in [1.82, 2.24) is 14.7 Å². The van der Waals surface area contributed by atoms with Gasteiger partial charge in [0.1, 0.15) is 0 Å². The number of aliphatic hydroxyl groups is 1. The largest absolute Gasteiger partial charge is 0.494 e. The average molecular weight is 410 g/mol. The maximum Gasteiger partial charge on any atom is 0.165 e. The van der Waals surface area contributed by atoms with Crippen molar-refractivity contribution in [3.05, 3.63) is 65.6 Å². The van der Waals surface area contributed by atoms with Crippen LogP contribution in [0.4, 0.5) is 4.39 Å². The van der Waals surface area contributed by atoms with Gasteiger partial charge in [-0.25, -0.2) is 9.07 Å². The summed E-state index contributed by atoms with van der Waals surface area (Å²) in [7, 11) is 1.46. The van der Waals surface area contributed by atoms with E-state index in [2.05, 4.69) is 24.1 Å². The molecule has 6 heteroatoms. The van der Waals surface area contributed by atoms with E-state index in [4.69, 9.17) is 9.84 Å². The van der Waals surface area contributed by atoms with Crippen molar-refractivity contribution in [3.8, 4) is 22.7 Å². The molecule has 0 amide bonds. The molecule has 0 radical (unpaired) electrons. The van der Waals surface area contributed by atoms with Crippen molar-refractivity contribution in [2.45, 2.75) is 26.3 Å². The maximum atomic E-state index is 14.4. The first-order valence-electron chi connectivity index (χ1n) is 10.4. The number of hydrogen-bond donors (Lipinski definition) is 1. The fourth-order valence-corrected chi connectivity index (χ4v) is 4.09. The van der Waals surface area contributed by atoms with Gasteiger partial charge >= 0.3 is 0 Å². The topological polar surface area (TPSA) is 50.5 Å². The van der Waals surface area contributed by atoms with E-state index in [1.807, 2.05) is 28.9 Å². The lowest BCUT2D eigenvalue weighted by Gasteiger charge is -2.30. The van der Waals surface area contributed by atoms with Crippen molar-refractivity contribution in [1.29, 1.82) is 0 Å². The Morgan fingerprint density at radius 2 is 1.93 bits per heavy atom. The number of aromatic nitrogens is 2. The molecule has 0 saturated carbocycles. The number of nitrogens with zero attached hydrogens (tertiary/aromatic N) is 3. The predicted octanol–water partition coefficient (Wildman–Crippen LogP) is 4.20. The quantitative estimate of drug-likeness (QED) is 0.663. The second-order valence-corrected chi connectivity index (χ2v) is 7.99. The first-order chi connectivity index (χ1) is 14.6. The molecule has 4 rings (SSSR count). The van der Waals surface area contributed by atoms with E-state index in [-0.39, 0.29) is 12.4 Å². The molecule has 3 aromatic rings. The number of aryl methyl sites for hydroxylation is 1. The molecular weight excluding hydrogens is 381 g/mol. The van der Waals surface area contributed by atoms with Crippen LogP contribution in [0.15, 0.2) is 48.7 Å². The van der Waals surface area contributed by atoms with Crippen LogP contribution < -0.4 is 4.74 Å². The average Bonchev–Trinajstić information content (AvgIpc) is 3.18. The van der Waals surface area contributed by atoms with E-state index in [1.54, 1.807) is 6.07 Å². The lowest BCUT2D eigenvalue weighted by molar-refractivity contribution is 0.127. The van der Waals surface area contributed by atoms with E-state index in [9.17, 15) is 9.50 Å². The molecule has 2 heterocycles. The zero-order valence-corrected chi connectivity index (χ0v) is 17.5. The molecule has 2 aromatic carbocycles. The summed E-state index contributed by atoms with van der Waals surface area (Å²) in [6.07, 6.45) is 4.04. The molecule has 1 N–H and O–H groups in total. The highest BCUT2D eigenvalue weighted by molar-refractivity contribution is 5.64. The molecule has 0 aliphatic carbocycles. The molecule has 1 aromatic heterocycles. The van der Waals surface area contributed by atoms with Gasteiger partial charge in [-0.1, -0.05) is 18.2 Å². The third-order valence-corrected chi connectivity index (χ3v) is 5.94. The summed E-state index contributed by atoms with van der Waals surface area (Å²) >= 11 is 0. The highest BCUT2D eigenvalue weighted by atomic mass is 19.1. The lowest BCUT2D eigenvalue weighted by Crippen LogP contribution is -2.34. The van der Waals surface area contributed by atoms with Crippen LogP contribution in [0.3, 0.4) is 0 Å². The predicted molar refractivity (Wildman–Crippen MR) is 115 cm³/mol. The molecule has 1 aliphatic heterocycles. The summed E-state index contributed by atoms with van der Waals surface area (Å²) in [6, 6.07) is 13.1. The van der Waals surface area contributed by atoms with Gasteiger partial charge in [0, 0.05) is 30.5 Å². The first kappa shape index (κ1) is 20.6. The van der Waals surface area contributed by atoms with Gasteiger partial charge in [0.05, 0.1) is 18.5 Å². The molecule has 0 unspecified atom stereocenters. The SMILES string of the molecule is COc1ccc(-c2nn(-c3ccccc3C)cc2CN2CCC(CO)CC2)cc1F. The second kappa shape index (κ2) is 8.98. The van der Waals surface area contributed by atoms with Crippen molar-refractivity contribution in [2.75, 3.05) is 26.8 Å². The fraction of sp³-hybridized carbons (Fsp3) is 0.375. The van der Waals surface area contributed by atoms with Crippen LogP contribution in [-0.4, -0.2) is 46.6 Å². The molecule has 158 valence electrons. The van der Waals surface area contributed by atoms with Gasteiger partial charge in [-0.15, -0.1) is 0 Å². The number of benzene rings is 2. The van der Waals surface area contributed by atoms with Gasteiger partial charge in [0.15, 0.2) is 11.6 Å². The van der Waals surface area contributed by atoms with E-state index < -0.39 is 5.82 Å². The minimum atomic E-state index is -0.393. The summed E-state index contributed by atoms with van der Waals surface area (Å²) < 4.78 is 21.4. The van der Waals surface area contributed by atoms with Gasteiger partial charge < -0.3 is 9.84 Å². The Morgan fingerprint density at radius 3 is 2.60 bits per heavy atom. The van der Waals surface area contributed by atoms with Crippen LogP contribution in [0.2, 0.25) is 0 Å². The van der Waals surface area contributed by atoms with E-state index in [1.165, 1.54) is 13.2 Å². The molecule has 30 heavy (non-hydrogen) atoms. The highest BCUT2D eigenvalue weighted by Crippen LogP contribution is 2.30. The van der Waals surface area contributed by atoms with Crippen LogP contribution >= 0.6 is 0 Å². The Hall–Kier alpha value is -2.70. The zero-order chi connectivity index (χ0) is 21.1. The first-order valence-corrected chi connectivity index (χ1v) is 10.4. The van der Waals surface area contributed by atoms with Gasteiger partial charge in [0.2, 0.25) is 0 Å². The number of para-hydroxylation sites is 1. The highest BCUT2D eigenvalue weighted by Gasteiger charge is 2.22. The van der Waals surface area contributed by atoms with Gasteiger partial charge in [-0.05, 0) is 68.6 Å². The third kappa shape index (κ3) is 4.25. The summed E-state index contributed by atoms with van der Waals surface area (Å²) in [5.41, 5.74) is 4.72. The number of methoxy groups -OCH3 is 1. The van der Waals surface area contributed by atoms with E-state index in [0.29, 0.717) is 5.92 Å². The Bertz CT molecular complexity index is 1010. The van der Waals surface area contributed by atoms with Crippen LogP contribution in [-0.2, 0) is 6.54 Å². The number of piperidine rings is 1. The van der Waals surface area contributed by atoms with Crippen molar-refractivity contribution in [2.24, 2.45) is 5.92 Å². The Balaban J connectivity index is 1.70. The fourth-order valence-electron chi connectivity index (χ4n) is 4.09. The molecule has 0 bridgehead atoms. The number of rotatable bonds is 6. The van der Waals surface area contributed by atoms with Gasteiger partial charge in [-0.3, -0.25) is 4.90 Å². The molecular formula is C24H28FN3O2. The monoisotopic (exact) mass is 409 g/mol.